The van der Waals surface area contributed by atoms with Gasteiger partial charge in [-0.05, 0) is 24.3 Å². The Labute approximate surface area is 177 Å². The molecule has 2 aromatic heterocycles. The smallest absolute Gasteiger partial charge is 0.292 e. The number of methoxy groups -OCH3 is 1. The highest BCUT2D eigenvalue weighted by Gasteiger charge is 2.22. The zero-order valence-corrected chi connectivity index (χ0v) is 17.1. The summed E-state index contributed by atoms with van der Waals surface area (Å²) in [5.41, 5.74) is 0.861. The Morgan fingerprint density at radius 2 is 1.66 bits per heavy atom. The van der Waals surface area contributed by atoms with Crippen molar-refractivity contribution >= 4 is 34.7 Å². The summed E-state index contributed by atoms with van der Waals surface area (Å²) in [6, 6.07) is 6.85. The summed E-state index contributed by atoms with van der Waals surface area (Å²) < 4.78 is 6.41. The summed E-state index contributed by atoms with van der Waals surface area (Å²) in [6.07, 6.45) is 4.90. The van der Waals surface area contributed by atoms with Crippen molar-refractivity contribution in [3.8, 4) is 11.6 Å². The van der Waals surface area contributed by atoms with E-state index in [1.54, 1.807) is 50.0 Å². The van der Waals surface area contributed by atoms with E-state index in [0.29, 0.717) is 48.5 Å². The largest absolute Gasteiger partial charge is 0.480 e. The van der Waals surface area contributed by atoms with Gasteiger partial charge in [-0.25, -0.2) is 0 Å². The number of rotatable bonds is 4. The molecule has 0 saturated carbocycles. The molecule has 0 N–H and O–H groups in total. The lowest BCUT2D eigenvalue weighted by Gasteiger charge is -2.36. The topological polar surface area (TPSA) is 76.4 Å². The minimum atomic E-state index is -0.368. The highest BCUT2D eigenvalue weighted by molar-refractivity contribution is 6.33. The van der Waals surface area contributed by atoms with E-state index >= 15 is 0 Å². The van der Waals surface area contributed by atoms with Crippen LogP contribution in [0.3, 0.4) is 0 Å². The zero-order chi connectivity index (χ0) is 20.4. The molecule has 10 heteroatoms. The highest BCUT2D eigenvalue weighted by Crippen LogP contribution is 2.24. The molecule has 3 aromatic rings. The van der Waals surface area contributed by atoms with Gasteiger partial charge in [-0.15, -0.1) is 0 Å². The Kier molecular flexibility index (Phi) is 5.55. The van der Waals surface area contributed by atoms with E-state index in [4.69, 9.17) is 27.9 Å². The molecule has 4 rings (SSSR count). The summed E-state index contributed by atoms with van der Waals surface area (Å²) in [5.74, 6) is 1.23. The van der Waals surface area contributed by atoms with Crippen molar-refractivity contribution in [2.75, 3.05) is 43.1 Å². The molecule has 150 valence electrons. The second-order valence-electron chi connectivity index (χ2n) is 6.43. The molecule has 1 aromatic carbocycles. The molecule has 29 heavy (non-hydrogen) atoms. The second kappa shape index (κ2) is 8.26. The lowest BCUT2D eigenvalue weighted by atomic mass is 10.2. The number of benzene rings is 1. The number of aromatic nitrogens is 4. The van der Waals surface area contributed by atoms with E-state index in [0.717, 1.165) is 5.82 Å². The summed E-state index contributed by atoms with van der Waals surface area (Å²) >= 11 is 12.3. The standard InChI is InChI=1S/C19H18Cl2N6O2/c1-29-17-12-22-11-16(24-17)26-8-6-25(7-9-26)15-10-23-27(19(28)18(15)21)14-4-2-13(20)3-5-14/h2-5,10-12H,6-9H2,1H3. The molecular formula is C19H18Cl2N6O2. The van der Waals surface area contributed by atoms with Crippen molar-refractivity contribution in [1.29, 1.82) is 0 Å². The first-order valence-electron chi connectivity index (χ1n) is 8.96. The van der Waals surface area contributed by atoms with Crippen molar-refractivity contribution in [2.45, 2.75) is 0 Å². The van der Waals surface area contributed by atoms with Crippen molar-refractivity contribution < 1.29 is 4.74 Å². The van der Waals surface area contributed by atoms with Gasteiger partial charge >= 0.3 is 0 Å². The van der Waals surface area contributed by atoms with E-state index in [1.807, 2.05) is 4.90 Å². The fourth-order valence-corrected chi connectivity index (χ4v) is 3.55. The van der Waals surface area contributed by atoms with Crippen LogP contribution in [0.5, 0.6) is 5.88 Å². The molecule has 1 saturated heterocycles. The second-order valence-corrected chi connectivity index (χ2v) is 7.25. The molecule has 8 nitrogen and oxygen atoms in total. The fraction of sp³-hybridized carbons (Fsp3) is 0.263. The van der Waals surface area contributed by atoms with Crippen LogP contribution in [0, 0.1) is 0 Å². The van der Waals surface area contributed by atoms with Gasteiger partial charge in [0, 0.05) is 31.2 Å². The normalized spacial score (nSPS) is 14.2. The number of hydrogen-bond donors (Lipinski definition) is 0. The zero-order valence-electron chi connectivity index (χ0n) is 15.6. The Morgan fingerprint density at radius 3 is 2.34 bits per heavy atom. The maximum Gasteiger partial charge on any atom is 0.292 e. The molecule has 1 aliphatic heterocycles. The molecule has 3 heterocycles. The third-order valence-corrected chi connectivity index (χ3v) is 5.33. The van der Waals surface area contributed by atoms with Gasteiger partial charge in [-0.2, -0.15) is 14.8 Å². The van der Waals surface area contributed by atoms with Crippen LogP contribution in [-0.2, 0) is 0 Å². The number of hydrogen-bond acceptors (Lipinski definition) is 7. The van der Waals surface area contributed by atoms with Gasteiger partial charge in [0.25, 0.3) is 5.56 Å². The first-order valence-corrected chi connectivity index (χ1v) is 9.72. The number of piperazine rings is 1. The highest BCUT2D eigenvalue weighted by atomic mass is 35.5. The Morgan fingerprint density at radius 1 is 0.966 bits per heavy atom. The van der Waals surface area contributed by atoms with E-state index in [1.165, 1.54) is 4.68 Å². The van der Waals surface area contributed by atoms with Gasteiger partial charge in [0.15, 0.2) is 5.82 Å². The predicted molar refractivity (Wildman–Crippen MR) is 113 cm³/mol. The van der Waals surface area contributed by atoms with Crippen molar-refractivity contribution in [2.24, 2.45) is 0 Å². The van der Waals surface area contributed by atoms with Gasteiger partial charge in [0.1, 0.15) is 5.02 Å². The Hall–Kier alpha value is -2.84. The van der Waals surface area contributed by atoms with Crippen LogP contribution in [0.1, 0.15) is 0 Å². The maximum absolute atomic E-state index is 12.7. The molecular weight excluding hydrogens is 415 g/mol. The third-order valence-electron chi connectivity index (χ3n) is 4.72. The summed E-state index contributed by atoms with van der Waals surface area (Å²) in [7, 11) is 1.56. The minimum Gasteiger partial charge on any atom is -0.480 e. The molecule has 1 aliphatic rings. The van der Waals surface area contributed by atoms with Crippen LogP contribution in [0.2, 0.25) is 10.0 Å². The quantitative estimate of drug-likeness (QED) is 0.626. The number of anilines is 2. The van der Waals surface area contributed by atoms with Gasteiger partial charge in [0.2, 0.25) is 5.88 Å². The first kappa shape index (κ1) is 19.5. The van der Waals surface area contributed by atoms with Crippen LogP contribution in [0.15, 0.2) is 47.7 Å². The van der Waals surface area contributed by atoms with Crippen LogP contribution in [0.25, 0.3) is 5.69 Å². The number of nitrogens with zero attached hydrogens (tertiary/aromatic N) is 6. The summed E-state index contributed by atoms with van der Waals surface area (Å²) in [6.45, 7) is 2.76. The van der Waals surface area contributed by atoms with Crippen molar-refractivity contribution in [1.82, 2.24) is 19.7 Å². The molecule has 0 radical (unpaired) electrons. The Balaban J connectivity index is 1.52. The van der Waals surface area contributed by atoms with E-state index in [-0.39, 0.29) is 10.6 Å². The molecule has 0 atom stereocenters. The van der Waals surface area contributed by atoms with Gasteiger partial charge in [0.05, 0.1) is 37.1 Å². The van der Waals surface area contributed by atoms with E-state index < -0.39 is 0 Å². The molecule has 0 unspecified atom stereocenters. The Bertz CT molecular complexity index is 1070. The summed E-state index contributed by atoms with van der Waals surface area (Å²) in [5, 5.41) is 5.03. The lowest BCUT2D eigenvalue weighted by molar-refractivity contribution is 0.395. The molecule has 0 spiro atoms. The molecule has 0 bridgehead atoms. The third kappa shape index (κ3) is 3.99. The maximum atomic E-state index is 12.7. The average molecular weight is 433 g/mol. The first-order chi connectivity index (χ1) is 14.1. The molecule has 0 amide bonds. The van der Waals surface area contributed by atoms with E-state index in [2.05, 4.69) is 20.0 Å². The van der Waals surface area contributed by atoms with Gasteiger partial charge in [-0.1, -0.05) is 23.2 Å². The predicted octanol–water partition coefficient (Wildman–Crippen LogP) is 2.66. The monoisotopic (exact) mass is 432 g/mol. The minimum absolute atomic E-state index is 0.143. The van der Waals surface area contributed by atoms with Crippen LogP contribution in [0.4, 0.5) is 11.5 Å². The van der Waals surface area contributed by atoms with Crippen LogP contribution >= 0.6 is 23.2 Å². The number of ether oxygens (including phenoxy) is 1. The van der Waals surface area contributed by atoms with E-state index in [9.17, 15) is 4.79 Å². The lowest BCUT2D eigenvalue weighted by Crippen LogP contribution is -2.47. The van der Waals surface area contributed by atoms with Crippen molar-refractivity contribution in [3.63, 3.8) is 0 Å². The molecule has 0 aliphatic carbocycles. The van der Waals surface area contributed by atoms with Crippen LogP contribution < -0.4 is 20.1 Å². The fourth-order valence-electron chi connectivity index (χ4n) is 3.18. The van der Waals surface area contributed by atoms with Crippen LogP contribution in [-0.4, -0.2) is 53.0 Å². The average Bonchev–Trinajstić information content (AvgIpc) is 2.76. The SMILES string of the molecule is COc1cncc(N2CCN(c3cnn(-c4ccc(Cl)cc4)c(=O)c3Cl)CC2)n1. The summed E-state index contributed by atoms with van der Waals surface area (Å²) in [4.78, 5) is 25.5. The molecule has 1 fully saturated rings. The number of halogens is 2. The van der Waals surface area contributed by atoms with Gasteiger partial charge in [-0.3, -0.25) is 9.78 Å². The van der Waals surface area contributed by atoms with Crippen molar-refractivity contribution in [3.05, 3.63) is 63.3 Å². The van der Waals surface area contributed by atoms with Gasteiger partial charge < -0.3 is 14.5 Å².